The average Bonchev–Trinajstić information content (AvgIpc) is 3.17. The van der Waals surface area contributed by atoms with Crippen molar-refractivity contribution < 1.29 is 9.18 Å². The van der Waals surface area contributed by atoms with Crippen molar-refractivity contribution in [3.05, 3.63) is 83.4 Å². The Morgan fingerprint density at radius 3 is 2.79 bits per heavy atom. The van der Waals surface area contributed by atoms with Gasteiger partial charge in [0.2, 0.25) is 0 Å². The highest BCUT2D eigenvalue weighted by Crippen LogP contribution is 2.24. The van der Waals surface area contributed by atoms with Crippen LogP contribution in [0.4, 0.5) is 4.39 Å². The normalized spacial score (nSPS) is 16.5. The molecule has 6 nitrogen and oxygen atoms in total. The molecule has 0 radical (unpaired) electrons. The number of benzene rings is 2. The Labute approximate surface area is 168 Å². The fraction of sp³-hybridized carbons (Fsp3) is 0.250. The maximum absolute atomic E-state index is 13.6. The van der Waals surface area contributed by atoms with Crippen LogP contribution < -0.4 is 5.32 Å². The molecule has 146 valence electrons. The molecule has 3 aromatic rings. The highest BCUT2D eigenvalue weighted by atomic mass is 35.5. The molecule has 4 rings (SSSR count). The van der Waals surface area contributed by atoms with Gasteiger partial charge in [-0.25, -0.2) is 9.07 Å². The summed E-state index contributed by atoms with van der Waals surface area (Å²) in [6.07, 6.45) is 1.67. The van der Waals surface area contributed by atoms with E-state index in [1.165, 1.54) is 12.1 Å². The van der Waals surface area contributed by atoms with Crippen LogP contribution in [0.5, 0.6) is 0 Å². The lowest BCUT2D eigenvalue weighted by molar-refractivity contribution is 0.0627. The smallest absolute Gasteiger partial charge is 0.276 e. The van der Waals surface area contributed by atoms with Crippen LogP contribution in [-0.4, -0.2) is 45.4 Å². The topological polar surface area (TPSA) is 63.1 Å². The van der Waals surface area contributed by atoms with E-state index in [-0.39, 0.29) is 30.2 Å². The number of rotatable bonds is 4. The molecule has 1 aromatic heterocycles. The quantitative estimate of drug-likeness (QED) is 0.730. The van der Waals surface area contributed by atoms with Gasteiger partial charge in [-0.3, -0.25) is 4.79 Å². The summed E-state index contributed by atoms with van der Waals surface area (Å²) < 4.78 is 15.3. The molecular weight excluding hydrogens is 381 g/mol. The highest BCUT2D eigenvalue weighted by Gasteiger charge is 2.30. The molecule has 1 saturated heterocycles. The second kappa shape index (κ2) is 8.95. The first-order valence-corrected chi connectivity index (χ1v) is 8.92. The van der Waals surface area contributed by atoms with Gasteiger partial charge in [0, 0.05) is 19.6 Å². The predicted octanol–water partition coefficient (Wildman–Crippen LogP) is 2.67. The number of carbonyl (C=O) groups excluding carboxylic acids is 1. The van der Waals surface area contributed by atoms with Crippen LogP contribution in [0.25, 0.3) is 0 Å². The van der Waals surface area contributed by atoms with Gasteiger partial charge in [0.25, 0.3) is 5.91 Å². The summed E-state index contributed by atoms with van der Waals surface area (Å²) in [7, 11) is 0. The molecule has 0 saturated carbocycles. The summed E-state index contributed by atoms with van der Waals surface area (Å²) in [5.41, 5.74) is 2.16. The van der Waals surface area contributed by atoms with Crippen molar-refractivity contribution >= 4 is 18.3 Å². The summed E-state index contributed by atoms with van der Waals surface area (Å²) in [5, 5.41) is 11.4. The van der Waals surface area contributed by atoms with E-state index in [9.17, 15) is 9.18 Å². The van der Waals surface area contributed by atoms with Gasteiger partial charge in [-0.05, 0) is 23.3 Å². The van der Waals surface area contributed by atoms with Crippen LogP contribution in [0.3, 0.4) is 0 Å². The average molecular weight is 402 g/mol. The van der Waals surface area contributed by atoms with E-state index in [2.05, 4.69) is 15.6 Å². The van der Waals surface area contributed by atoms with Crippen LogP contribution in [0.1, 0.15) is 27.7 Å². The SMILES string of the molecule is Cl.O=C(c1cn(Cc2ccccc2)nn1)N1CCNCC1c1cccc(F)c1. The zero-order valence-electron chi connectivity index (χ0n) is 15.2. The summed E-state index contributed by atoms with van der Waals surface area (Å²) in [6.45, 7) is 2.35. The molecule has 1 fully saturated rings. The first-order chi connectivity index (χ1) is 13.2. The Bertz CT molecular complexity index is 933. The Morgan fingerprint density at radius 1 is 1.18 bits per heavy atom. The second-order valence-electron chi connectivity index (χ2n) is 6.56. The number of nitrogens with zero attached hydrogens (tertiary/aromatic N) is 4. The van der Waals surface area contributed by atoms with Crippen molar-refractivity contribution in [3.8, 4) is 0 Å². The van der Waals surface area contributed by atoms with Crippen LogP contribution in [0, 0.1) is 5.82 Å². The molecule has 0 aliphatic carbocycles. The third-order valence-electron chi connectivity index (χ3n) is 4.68. The van der Waals surface area contributed by atoms with Gasteiger partial charge in [-0.2, -0.15) is 0 Å². The molecule has 0 bridgehead atoms. The Morgan fingerprint density at radius 2 is 2.00 bits per heavy atom. The minimum Gasteiger partial charge on any atom is -0.328 e. The fourth-order valence-electron chi connectivity index (χ4n) is 3.35. The standard InChI is InChI=1S/C20H20FN5O.ClH/c21-17-8-4-7-16(11-17)19-12-22-9-10-26(19)20(27)18-14-25(24-23-18)13-15-5-2-1-3-6-15;/h1-8,11,14,19,22H,9-10,12-13H2;1H. The lowest BCUT2D eigenvalue weighted by Gasteiger charge is -2.36. The Hall–Kier alpha value is -2.77. The summed E-state index contributed by atoms with van der Waals surface area (Å²) in [4.78, 5) is 14.8. The zero-order valence-corrected chi connectivity index (χ0v) is 16.0. The van der Waals surface area contributed by atoms with Crippen LogP contribution in [0.2, 0.25) is 0 Å². The maximum atomic E-state index is 13.6. The minimum atomic E-state index is -0.306. The number of carbonyl (C=O) groups is 1. The summed E-state index contributed by atoms with van der Waals surface area (Å²) in [6, 6.07) is 16.0. The van der Waals surface area contributed by atoms with Gasteiger partial charge in [0.15, 0.2) is 5.69 Å². The van der Waals surface area contributed by atoms with E-state index in [1.807, 2.05) is 36.4 Å². The number of hydrogen-bond donors (Lipinski definition) is 1. The lowest BCUT2D eigenvalue weighted by Crippen LogP contribution is -2.48. The molecule has 2 heterocycles. The first-order valence-electron chi connectivity index (χ1n) is 8.92. The number of hydrogen-bond acceptors (Lipinski definition) is 4. The van der Waals surface area contributed by atoms with Gasteiger partial charge in [-0.1, -0.05) is 47.7 Å². The molecule has 1 aliphatic rings. The van der Waals surface area contributed by atoms with E-state index >= 15 is 0 Å². The van der Waals surface area contributed by atoms with Gasteiger partial charge in [-0.15, -0.1) is 17.5 Å². The van der Waals surface area contributed by atoms with Crippen molar-refractivity contribution in [2.45, 2.75) is 12.6 Å². The first kappa shape index (κ1) is 20.0. The summed E-state index contributed by atoms with van der Waals surface area (Å²) >= 11 is 0. The maximum Gasteiger partial charge on any atom is 0.276 e. The third kappa shape index (κ3) is 4.37. The molecular formula is C20H21ClFN5O. The number of nitrogens with one attached hydrogen (secondary N) is 1. The number of piperazine rings is 1. The third-order valence-corrected chi connectivity index (χ3v) is 4.68. The largest absolute Gasteiger partial charge is 0.328 e. The minimum absolute atomic E-state index is 0. The molecule has 1 atom stereocenters. The van der Waals surface area contributed by atoms with Crippen molar-refractivity contribution in [1.29, 1.82) is 0 Å². The summed E-state index contributed by atoms with van der Waals surface area (Å²) in [5.74, 6) is -0.496. The van der Waals surface area contributed by atoms with E-state index in [4.69, 9.17) is 0 Å². The lowest BCUT2D eigenvalue weighted by atomic mass is 10.0. The fourth-order valence-corrected chi connectivity index (χ4v) is 3.35. The molecule has 1 N–H and O–H groups in total. The van der Waals surface area contributed by atoms with E-state index in [0.29, 0.717) is 31.9 Å². The van der Waals surface area contributed by atoms with Crippen LogP contribution >= 0.6 is 12.4 Å². The molecule has 28 heavy (non-hydrogen) atoms. The number of amides is 1. The molecule has 1 aliphatic heterocycles. The van der Waals surface area contributed by atoms with Crippen molar-refractivity contribution in [1.82, 2.24) is 25.2 Å². The molecule has 0 spiro atoms. The van der Waals surface area contributed by atoms with Crippen LogP contribution in [0.15, 0.2) is 60.8 Å². The van der Waals surface area contributed by atoms with Crippen molar-refractivity contribution in [3.63, 3.8) is 0 Å². The highest BCUT2D eigenvalue weighted by molar-refractivity contribution is 5.92. The predicted molar refractivity (Wildman–Crippen MR) is 106 cm³/mol. The van der Waals surface area contributed by atoms with Gasteiger partial charge in [0.05, 0.1) is 18.8 Å². The Kier molecular flexibility index (Phi) is 6.38. The Balaban J connectivity index is 0.00000225. The van der Waals surface area contributed by atoms with Gasteiger partial charge in [0.1, 0.15) is 5.82 Å². The molecule has 1 amide bonds. The van der Waals surface area contributed by atoms with Crippen molar-refractivity contribution in [2.75, 3.05) is 19.6 Å². The monoisotopic (exact) mass is 401 g/mol. The number of aromatic nitrogens is 3. The van der Waals surface area contributed by atoms with E-state index in [0.717, 1.165) is 11.1 Å². The van der Waals surface area contributed by atoms with Gasteiger partial charge < -0.3 is 10.2 Å². The molecule has 8 heteroatoms. The second-order valence-corrected chi connectivity index (χ2v) is 6.56. The van der Waals surface area contributed by atoms with Gasteiger partial charge >= 0.3 is 0 Å². The van der Waals surface area contributed by atoms with Crippen molar-refractivity contribution in [2.24, 2.45) is 0 Å². The molecule has 2 aromatic carbocycles. The van der Waals surface area contributed by atoms with E-state index < -0.39 is 0 Å². The molecule has 1 unspecified atom stereocenters. The van der Waals surface area contributed by atoms with Crippen LogP contribution in [-0.2, 0) is 6.54 Å². The van der Waals surface area contributed by atoms with E-state index in [1.54, 1.807) is 21.8 Å². The zero-order chi connectivity index (χ0) is 18.6. The number of halogens is 2.